The van der Waals surface area contributed by atoms with Crippen LogP contribution in [0.15, 0.2) is 0 Å². The van der Waals surface area contributed by atoms with Crippen molar-refractivity contribution in [2.45, 2.75) is 46.1 Å². The van der Waals surface area contributed by atoms with E-state index in [2.05, 4.69) is 6.92 Å². The van der Waals surface area contributed by atoms with Crippen LogP contribution in [0.25, 0.3) is 0 Å². The molecular weight excluding hydrogens is 232 g/mol. The zero-order valence-corrected chi connectivity index (χ0v) is 11.6. The Bertz CT molecular complexity index is 307. The largest absolute Gasteiger partial charge is 0.481 e. The molecule has 5 heteroatoms. The fraction of sp³-hybridized carbons (Fsp3) is 0.846. The fourth-order valence-electron chi connectivity index (χ4n) is 2.46. The van der Waals surface area contributed by atoms with Gasteiger partial charge in [0.15, 0.2) is 0 Å². The lowest BCUT2D eigenvalue weighted by atomic mass is 10.1. The summed E-state index contributed by atoms with van der Waals surface area (Å²) < 4.78 is 0. The molecule has 0 aromatic carbocycles. The van der Waals surface area contributed by atoms with Crippen molar-refractivity contribution >= 4 is 12.0 Å². The van der Waals surface area contributed by atoms with Gasteiger partial charge in [-0.15, -0.1) is 0 Å². The van der Waals surface area contributed by atoms with Crippen LogP contribution in [-0.2, 0) is 4.79 Å². The molecule has 0 saturated carbocycles. The van der Waals surface area contributed by atoms with Gasteiger partial charge in [0.2, 0.25) is 0 Å². The second kappa shape index (κ2) is 6.61. The molecule has 2 unspecified atom stereocenters. The van der Waals surface area contributed by atoms with Crippen molar-refractivity contribution in [3.8, 4) is 0 Å². The van der Waals surface area contributed by atoms with E-state index >= 15 is 0 Å². The lowest BCUT2D eigenvalue weighted by Crippen LogP contribution is -2.46. The van der Waals surface area contributed by atoms with E-state index in [1.807, 2.05) is 18.7 Å². The summed E-state index contributed by atoms with van der Waals surface area (Å²) in [6, 6.07) is 0.292. The van der Waals surface area contributed by atoms with Crippen LogP contribution in [0.3, 0.4) is 0 Å². The van der Waals surface area contributed by atoms with Crippen LogP contribution in [-0.4, -0.2) is 52.6 Å². The minimum Gasteiger partial charge on any atom is -0.481 e. The Morgan fingerprint density at radius 2 is 2.11 bits per heavy atom. The molecule has 104 valence electrons. The standard InChI is InChI=1S/C13H24N2O3/c1-4-10(3)15(5-2)13(18)14-7-6-11(9-14)8-12(16)17/h10-11H,4-9H2,1-3H3,(H,16,17). The Kier molecular flexibility index (Phi) is 5.44. The van der Waals surface area contributed by atoms with E-state index < -0.39 is 5.97 Å². The van der Waals surface area contributed by atoms with Gasteiger partial charge in [-0.2, -0.15) is 0 Å². The van der Waals surface area contributed by atoms with Gasteiger partial charge in [-0.3, -0.25) is 4.79 Å². The predicted molar refractivity (Wildman–Crippen MR) is 69.5 cm³/mol. The summed E-state index contributed by atoms with van der Waals surface area (Å²) in [6.07, 6.45) is 1.90. The van der Waals surface area contributed by atoms with E-state index in [9.17, 15) is 9.59 Å². The van der Waals surface area contributed by atoms with E-state index in [-0.39, 0.29) is 24.4 Å². The number of likely N-dealkylation sites (tertiary alicyclic amines) is 1. The minimum absolute atomic E-state index is 0.0553. The molecule has 0 radical (unpaired) electrons. The smallest absolute Gasteiger partial charge is 0.320 e. The van der Waals surface area contributed by atoms with Gasteiger partial charge in [-0.1, -0.05) is 6.92 Å². The second-order valence-electron chi connectivity index (χ2n) is 5.02. The molecular formula is C13H24N2O3. The third-order valence-electron chi connectivity index (χ3n) is 3.73. The summed E-state index contributed by atoms with van der Waals surface area (Å²) in [5.74, 6) is -0.661. The average Bonchev–Trinajstić information content (AvgIpc) is 2.77. The molecule has 1 saturated heterocycles. The predicted octanol–water partition coefficient (Wildman–Crippen LogP) is 2.02. The average molecular weight is 256 g/mol. The SMILES string of the molecule is CCC(C)N(CC)C(=O)N1CCC(CC(=O)O)C1. The number of nitrogens with zero attached hydrogens (tertiary/aromatic N) is 2. The van der Waals surface area contributed by atoms with Crippen LogP contribution >= 0.6 is 0 Å². The maximum absolute atomic E-state index is 12.3. The van der Waals surface area contributed by atoms with Gasteiger partial charge in [-0.25, -0.2) is 4.79 Å². The van der Waals surface area contributed by atoms with Gasteiger partial charge in [0.25, 0.3) is 0 Å². The lowest BCUT2D eigenvalue weighted by molar-refractivity contribution is -0.138. The van der Waals surface area contributed by atoms with E-state index in [1.54, 1.807) is 4.90 Å². The molecule has 2 atom stereocenters. The minimum atomic E-state index is -0.774. The third kappa shape index (κ3) is 3.62. The van der Waals surface area contributed by atoms with Gasteiger partial charge in [0.05, 0.1) is 0 Å². The zero-order chi connectivity index (χ0) is 13.7. The molecule has 1 aliphatic heterocycles. The number of carbonyl (C=O) groups excluding carboxylic acids is 1. The van der Waals surface area contributed by atoms with Crippen LogP contribution in [0.4, 0.5) is 4.79 Å². The maximum atomic E-state index is 12.3. The molecule has 5 nitrogen and oxygen atoms in total. The molecule has 2 amide bonds. The molecule has 0 aromatic rings. The van der Waals surface area contributed by atoms with Crippen LogP contribution in [0.2, 0.25) is 0 Å². The number of urea groups is 1. The Labute approximate surface area is 109 Å². The van der Waals surface area contributed by atoms with Crippen LogP contribution in [0, 0.1) is 5.92 Å². The van der Waals surface area contributed by atoms with Gasteiger partial charge in [-0.05, 0) is 32.6 Å². The summed E-state index contributed by atoms with van der Waals surface area (Å²) in [5, 5.41) is 8.77. The number of amides is 2. The van der Waals surface area contributed by atoms with Crippen molar-refractivity contribution in [1.29, 1.82) is 0 Å². The summed E-state index contributed by atoms with van der Waals surface area (Å²) >= 11 is 0. The second-order valence-corrected chi connectivity index (χ2v) is 5.02. The van der Waals surface area contributed by atoms with E-state index in [0.717, 1.165) is 12.8 Å². The summed E-state index contributed by atoms with van der Waals surface area (Å²) in [4.78, 5) is 26.6. The molecule has 0 aliphatic carbocycles. The summed E-state index contributed by atoms with van der Waals surface area (Å²) in [7, 11) is 0. The molecule has 0 aromatic heterocycles. The molecule has 0 spiro atoms. The van der Waals surface area contributed by atoms with E-state index in [1.165, 1.54) is 0 Å². The Hall–Kier alpha value is -1.26. The van der Waals surface area contributed by atoms with Gasteiger partial charge in [0.1, 0.15) is 0 Å². The topological polar surface area (TPSA) is 60.9 Å². The van der Waals surface area contributed by atoms with Crippen molar-refractivity contribution in [2.24, 2.45) is 5.92 Å². The van der Waals surface area contributed by atoms with Crippen molar-refractivity contribution in [3.63, 3.8) is 0 Å². The molecule has 0 bridgehead atoms. The van der Waals surface area contributed by atoms with Crippen molar-refractivity contribution in [3.05, 3.63) is 0 Å². The quantitative estimate of drug-likeness (QED) is 0.818. The van der Waals surface area contributed by atoms with Gasteiger partial charge >= 0.3 is 12.0 Å². The molecule has 1 aliphatic rings. The van der Waals surface area contributed by atoms with Crippen LogP contribution in [0.5, 0.6) is 0 Å². The highest BCUT2D eigenvalue weighted by Gasteiger charge is 2.31. The first-order valence-electron chi connectivity index (χ1n) is 6.76. The summed E-state index contributed by atoms with van der Waals surface area (Å²) in [6.45, 7) is 8.06. The third-order valence-corrected chi connectivity index (χ3v) is 3.73. The number of hydrogen-bond acceptors (Lipinski definition) is 2. The number of aliphatic carboxylic acids is 1. The highest BCUT2D eigenvalue weighted by Crippen LogP contribution is 2.21. The number of carboxylic acid groups (broad SMARTS) is 1. The Morgan fingerprint density at radius 3 is 2.61 bits per heavy atom. The first-order chi connectivity index (χ1) is 8.49. The van der Waals surface area contributed by atoms with Crippen molar-refractivity contribution in [2.75, 3.05) is 19.6 Å². The van der Waals surface area contributed by atoms with E-state index in [0.29, 0.717) is 19.6 Å². The van der Waals surface area contributed by atoms with Crippen LogP contribution in [0.1, 0.15) is 40.0 Å². The zero-order valence-electron chi connectivity index (χ0n) is 11.6. The molecule has 1 heterocycles. The first kappa shape index (κ1) is 14.8. The molecule has 1 fully saturated rings. The highest BCUT2D eigenvalue weighted by molar-refractivity contribution is 5.75. The number of carboxylic acids is 1. The van der Waals surface area contributed by atoms with Gasteiger partial charge < -0.3 is 14.9 Å². The molecule has 18 heavy (non-hydrogen) atoms. The number of hydrogen-bond donors (Lipinski definition) is 1. The number of carbonyl (C=O) groups is 2. The summed E-state index contributed by atoms with van der Waals surface area (Å²) in [5.41, 5.74) is 0. The monoisotopic (exact) mass is 256 g/mol. The fourth-order valence-corrected chi connectivity index (χ4v) is 2.46. The maximum Gasteiger partial charge on any atom is 0.320 e. The molecule has 1 rings (SSSR count). The highest BCUT2D eigenvalue weighted by atomic mass is 16.4. The number of rotatable bonds is 5. The van der Waals surface area contributed by atoms with E-state index in [4.69, 9.17) is 5.11 Å². The normalized spacial score (nSPS) is 20.8. The van der Waals surface area contributed by atoms with Crippen molar-refractivity contribution < 1.29 is 14.7 Å². The first-order valence-corrected chi connectivity index (χ1v) is 6.76. The van der Waals surface area contributed by atoms with Crippen LogP contribution < -0.4 is 0 Å². The molecule has 1 N–H and O–H groups in total. The Morgan fingerprint density at radius 1 is 1.44 bits per heavy atom. The van der Waals surface area contributed by atoms with Crippen molar-refractivity contribution in [1.82, 2.24) is 9.80 Å². The van der Waals surface area contributed by atoms with Gasteiger partial charge in [0, 0.05) is 32.1 Å². The Balaban J connectivity index is 2.55. The lowest BCUT2D eigenvalue weighted by Gasteiger charge is -2.31.